The van der Waals surface area contributed by atoms with Crippen molar-refractivity contribution in [3.63, 3.8) is 0 Å². The van der Waals surface area contributed by atoms with Gasteiger partial charge < -0.3 is 11.1 Å². The van der Waals surface area contributed by atoms with Gasteiger partial charge in [-0.25, -0.2) is 4.98 Å². The molecule has 15 heavy (non-hydrogen) atoms. The maximum atomic E-state index is 11.1. The van der Waals surface area contributed by atoms with Crippen LogP contribution in [0.25, 0.3) is 0 Å². The molecule has 3 N–H and O–H groups in total. The lowest BCUT2D eigenvalue weighted by atomic mass is 9.93. The number of aromatic nitrogens is 1. The van der Waals surface area contributed by atoms with Gasteiger partial charge in [0.1, 0.15) is 0 Å². The molecular weight excluding hydrogens is 210 g/mol. The molecule has 1 aromatic heterocycles. The minimum Gasteiger partial charge on any atom is -0.369 e. The number of hydrogen-bond donors (Lipinski definition) is 2. The van der Waals surface area contributed by atoms with E-state index in [1.807, 2.05) is 26.3 Å². The van der Waals surface area contributed by atoms with Gasteiger partial charge in [-0.15, -0.1) is 11.3 Å². The van der Waals surface area contributed by atoms with Crippen molar-refractivity contribution in [2.75, 3.05) is 6.54 Å². The van der Waals surface area contributed by atoms with Crippen LogP contribution in [0.4, 0.5) is 0 Å². The standard InChI is InChI=1S/C10H17N3OS/c1-7-8(15-6-13-7)4-12-5-10(2,3)9(11)14/h6,12H,4-5H2,1-3H3,(H2,11,14). The number of carbonyl (C=O) groups is 1. The van der Waals surface area contributed by atoms with Crippen molar-refractivity contribution in [1.82, 2.24) is 10.3 Å². The minimum atomic E-state index is -0.501. The Morgan fingerprint density at radius 2 is 2.33 bits per heavy atom. The largest absolute Gasteiger partial charge is 0.369 e. The van der Waals surface area contributed by atoms with Crippen molar-refractivity contribution in [1.29, 1.82) is 0 Å². The highest BCUT2D eigenvalue weighted by Gasteiger charge is 2.24. The van der Waals surface area contributed by atoms with Crippen LogP contribution in [0.1, 0.15) is 24.4 Å². The molecule has 1 aromatic rings. The summed E-state index contributed by atoms with van der Waals surface area (Å²) < 4.78 is 0. The quantitative estimate of drug-likeness (QED) is 0.790. The first kappa shape index (κ1) is 12.1. The topological polar surface area (TPSA) is 68.0 Å². The molecule has 0 radical (unpaired) electrons. The molecule has 84 valence electrons. The van der Waals surface area contributed by atoms with Crippen LogP contribution in [0.2, 0.25) is 0 Å². The molecule has 0 fully saturated rings. The average Bonchev–Trinajstić information content (AvgIpc) is 2.51. The fourth-order valence-corrected chi connectivity index (χ4v) is 1.82. The van der Waals surface area contributed by atoms with E-state index < -0.39 is 5.41 Å². The second-order valence-electron chi connectivity index (χ2n) is 4.21. The number of nitrogens with one attached hydrogen (secondary N) is 1. The Bertz CT molecular complexity index is 346. The van der Waals surface area contributed by atoms with E-state index in [1.54, 1.807) is 11.3 Å². The number of amides is 1. The second kappa shape index (κ2) is 4.72. The molecule has 0 aliphatic carbocycles. The predicted octanol–water partition coefficient (Wildman–Crippen LogP) is 1.05. The fourth-order valence-electron chi connectivity index (χ4n) is 1.07. The SMILES string of the molecule is Cc1ncsc1CNCC(C)(C)C(N)=O. The minimum absolute atomic E-state index is 0.281. The van der Waals surface area contributed by atoms with Crippen molar-refractivity contribution in [3.05, 3.63) is 16.1 Å². The number of nitrogens with zero attached hydrogens (tertiary/aromatic N) is 1. The highest BCUT2D eigenvalue weighted by atomic mass is 32.1. The summed E-state index contributed by atoms with van der Waals surface area (Å²) in [6.07, 6.45) is 0. The highest BCUT2D eigenvalue weighted by Crippen LogP contribution is 2.14. The van der Waals surface area contributed by atoms with E-state index in [1.165, 1.54) is 4.88 Å². The Morgan fingerprint density at radius 1 is 1.67 bits per heavy atom. The van der Waals surface area contributed by atoms with Gasteiger partial charge in [-0.05, 0) is 20.8 Å². The molecule has 0 atom stereocenters. The van der Waals surface area contributed by atoms with Crippen LogP contribution < -0.4 is 11.1 Å². The lowest BCUT2D eigenvalue weighted by molar-refractivity contribution is -0.125. The monoisotopic (exact) mass is 227 g/mol. The third kappa shape index (κ3) is 3.28. The summed E-state index contributed by atoms with van der Waals surface area (Å²) in [5.74, 6) is -0.281. The summed E-state index contributed by atoms with van der Waals surface area (Å²) >= 11 is 1.62. The zero-order valence-electron chi connectivity index (χ0n) is 9.33. The molecule has 1 amide bonds. The van der Waals surface area contributed by atoms with Crippen LogP contribution in [0, 0.1) is 12.3 Å². The molecular formula is C10H17N3OS. The van der Waals surface area contributed by atoms with E-state index in [4.69, 9.17) is 5.73 Å². The third-order valence-electron chi connectivity index (χ3n) is 2.36. The van der Waals surface area contributed by atoms with Crippen molar-refractivity contribution in [2.24, 2.45) is 11.1 Å². The summed E-state index contributed by atoms with van der Waals surface area (Å²) in [6.45, 7) is 6.98. The summed E-state index contributed by atoms with van der Waals surface area (Å²) in [5.41, 5.74) is 7.64. The number of rotatable bonds is 5. The smallest absolute Gasteiger partial charge is 0.224 e. The van der Waals surface area contributed by atoms with Gasteiger partial charge in [-0.2, -0.15) is 0 Å². The number of nitrogens with two attached hydrogens (primary N) is 1. The van der Waals surface area contributed by atoms with E-state index in [9.17, 15) is 4.79 Å². The first-order chi connectivity index (χ1) is 6.93. The van der Waals surface area contributed by atoms with Gasteiger partial charge >= 0.3 is 0 Å². The summed E-state index contributed by atoms with van der Waals surface area (Å²) in [7, 11) is 0. The van der Waals surface area contributed by atoms with E-state index in [2.05, 4.69) is 10.3 Å². The van der Waals surface area contributed by atoms with Crippen molar-refractivity contribution < 1.29 is 4.79 Å². The van der Waals surface area contributed by atoms with Crippen molar-refractivity contribution >= 4 is 17.2 Å². The molecule has 0 unspecified atom stereocenters. The number of hydrogen-bond acceptors (Lipinski definition) is 4. The molecule has 0 aliphatic rings. The van der Waals surface area contributed by atoms with Gasteiger partial charge in [0.2, 0.25) is 5.91 Å². The third-order valence-corrected chi connectivity index (χ3v) is 3.30. The van der Waals surface area contributed by atoms with E-state index in [0.717, 1.165) is 12.2 Å². The molecule has 1 heterocycles. The van der Waals surface area contributed by atoms with Gasteiger partial charge in [0.15, 0.2) is 0 Å². The number of thiazole rings is 1. The van der Waals surface area contributed by atoms with Crippen LogP contribution in [-0.2, 0) is 11.3 Å². The summed E-state index contributed by atoms with van der Waals surface area (Å²) in [6, 6.07) is 0. The van der Waals surface area contributed by atoms with Gasteiger partial charge in [0.05, 0.1) is 16.6 Å². The number of aryl methyl sites for hydroxylation is 1. The van der Waals surface area contributed by atoms with Crippen molar-refractivity contribution in [3.8, 4) is 0 Å². The molecule has 1 rings (SSSR count). The molecule has 4 nitrogen and oxygen atoms in total. The van der Waals surface area contributed by atoms with Crippen LogP contribution in [-0.4, -0.2) is 17.4 Å². The first-order valence-corrected chi connectivity index (χ1v) is 5.71. The Balaban J connectivity index is 2.40. The van der Waals surface area contributed by atoms with E-state index >= 15 is 0 Å². The van der Waals surface area contributed by atoms with Gasteiger partial charge in [-0.1, -0.05) is 0 Å². The highest BCUT2D eigenvalue weighted by molar-refractivity contribution is 7.09. The Morgan fingerprint density at radius 3 is 2.80 bits per heavy atom. The maximum Gasteiger partial charge on any atom is 0.224 e. The first-order valence-electron chi connectivity index (χ1n) is 4.83. The molecule has 0 aliphatic heterocycles. The zero-order chi connectivity index (χ0) is 11.5. The van der Waals surface area contributed by atoms with Crippen LogP contribution in [0.5, 0.6) is 0 Å². The predicted molar refractivity (Wildman–Crippen MR) is 61.5 cm³/mol. The molecule has 0 aromatic carbocycles. The zero-order valence-corrected chi connectivity index (χ0v) is 10.1. The Labute approximate surface area is 93.9 Å². The molecule has 0 saturated heterocycles. The van der Waals surface area contributed by atoms with Crippen molar-refractivity contribution in [2.45, 2.75) is 27.3 Å². The van der Waals surface area contributed by atoms with E-state index in [0.29, 0.717) is 6.54 Å². The second-order valence-corrected chi connectivity index (χ2v) is 5.15. The Kier molecular flexibility index (Phi) is 3.82. The summed E-state index contributed by atoms with van der Waals surface area (Å²) in [5, 5.41) is 3.22. The van der Waals surface area contributed by atoms with Gasteiger partial charge in [0, 0.05) is 18.0 Å². The number of carbonyl (C=O) groups excluding carboxylic acids is 1. The summed E-state index contributed by atoms with van der Waals surface area (Å²) in [4.78, 5) is 16.4. The van der Waals surface area contributed by atoms with Crippen LogP contribution in [0.15, 0.2) is 5.51 Å². The normalized spacial score (nSPS) is 11.7. The van der Waals surface area contributed by atoms with Crippen LogP contribution in [0.3, 0.4) is 0 Å². The molecule has 0 bridgehead atoms. The van der Waals surface area contributed by atoms with Gasteiger partial charge in [0.25, 0.3) is 0 Å². The maximum absolute atomic E-state index is 11.1. The number of primary amides is 1. The molecule has 5 heteroatoms. The average molecular weight is 227 g/mol. The Hall–Kier alpha value is -0.940. The lowest BCUT2D eigenvalue weighted by Crippen LogP contribution is -2.40. The van der Waals surface area contributed by atoms with E-state index in [-0.39, 0.29) is 5.91 Å². The van der Waals surface area contributed by atoms with Gasteiger partial charge in [-0.3, -0.25) is 4.79 Å². The molecule has 0 spiro atoms. The molecule has 0 saturated carbocycles. The lowest BCUT2D eigenvalue weighted by Gasteiger charge is -2.20. The fraction of sp³-hybridized carbons (Fsp3) is 0.600. The van der Waals surface area contributed by atoms with Crippen LogP contribution >= 0.6 is 11.3 Å².